The molecule has 0 unspecified atom stereocenters. The second-order valence-electron chi connectivity index (χ2n) is 3.48. The van der Waals surface area contributed by atoms with Gasteiger partial charge in [-0.3, -0.25) is 0 Å². The molecule has 3 N–H and O–H groups in total. The van der Waals surface area contributed by atoms with Crippen molar-refractivity contribution in [2.75, 3.05) is 12.0 Å². The van der Waals surface area contributed by atoms with Crippen molar-refractivity contribution < 1.29 is 4.74 Å². The first kappa shape index (κ1) is 11.8. The number of nitrogens with two attached hydrogens (primary N) is 1. The molecule has 0 spiro atoms. The number of nitrogens with zero attached hydrogens (tertiary/aromatic N) is 2. The average Bonchev–Trinajstić information content (AvgIpc) is 2.76. The smallest absolute Gasteiger partial charge is 0.143 e. The summed E-state index contributed by atoms with van der Waals surface area (Å²) in [6.45, 7) is 2.63. The zero-order chi connectivity index (χ0) is 12.1. The fraction of sp³-hybridized carbons (Fsp3) is 0.273. The molecule has 2 heterocycles. The highest BCUT2D eigenvalue weighted by molar-refractivity contribution is 7.09. The Morgan fingerprint density at radius 3 is 3.06 bits per heavy atom. The average molecular weight is 250 g/mol. The number of nitrogen functional groups attached to an aromatic ring is 1. The number of anilines is 1. The number of hydrogen-bond acceptors (Lipinski definition) is 6. The Kier molecular flexibility index (Phi) is 3.89. The standard InChI is InChI=1S/C11H14N4OS/c1-8-10(17-7-14-8)3-5-16-9-2-4-13-11(6-9)15-12/h2,4,6-7H,3,5,12H2,1H3,(H,13,15). The second-order valence-corrected chi connectivity index (χ2v) is 4.42. The van der Waals surface area contributed by atoms with Crippen molar-refractivity contribution in [2.24, 2.45) is 5.84 Å². The van der Waals surface area contributed by atoms with Gasteiger partial charge in [-0.15, -0.1) is 11.3 Å². The molecule has 90 valence electrons. The summed E-state index contributed by atoms with van der Waals surface area (Å²) < 4.78 is 5.62. The van der Waals surface area contributed by atoms with E-state index in [9.17, 15) is 0 Å². The number of ether oxygens (including phenoxy) is 1. The Morgan fingerprint density at radius 2 is 2.35 bits per heavy atom. The minimum atomic E-state index is 0.594. The summed E-state index contributed by atoms with van der Waals surface area (Å²) in [7, 11) is 0. The summed E-state index contributed by atoms with van der Waals surface area (Å²) in [6, 6.07) is 3.57. The Hall–Kier alpha value is -1.66. The molecule has 0 radical (unpaired) electrons. The van der Waals surface area contributed by atoms with E-state index in [1.54, 1.807) is 29.7 Å². The fourth-order valence-electron chi connectivity index (χ4n) is 1.41. The lowest BCUT2D eigenvalue weighted by atomic mass is 10.3. The molecule has 0 bridgehead atoms. The van der Waals surface area contributed by atoms with Crippen LogP contribution in [0.4, 0.5) is 5.82 Å². The molecular formula is C11H14N4OS. The lowest BCUT2D eigenvalue weighted by molar-refractivity contribution is 0.322. The molecule has 2 aromatic rings. The van der Waals surface area contributed by atoms with E-state index in [-0.39, 0.29) is 0 Å². The maximum atomic E-state index is 5.62. The van der Waals surface area contributed by atoms with Crippen LogP contribution in [0.25, 0.3) is 0 Å². The maximum absolute atomic E-state index is 5.62. The highest BCUT2D eigenvalue weighted by Gasteiger charge is 2.02. The van der Waals surface area contributed by atoms with Crippen LogP contribution in [0.1, 0.15) is 10.6 Å². The van der Waals surface area contributed by atoms with E-state index in [0.717, 1.165) is 17.9 Å². The zero-order valence-electron chi connectivity index (χ0n) is 9.51. The van der Waals surface area contributed by atoms with Gasteiger partial charge in [0.1, 0.15) is 11.6 Å². The van der Waals surface area contributed by atoms with Crippen molar-refractivity contribution in [2.45, 2.75) is 13.3 Å². The first-order valence-corrected chi connectivity index (χ1v) is 6.12. The molecule has 2 aromatic heterocycles. The minimum absolute atomic E-state index is 0.594. The quantitative estimate of drug-likeness (QED) is 0.625. The minimum Gasteiger partial charge on any atom is -0.493 e. The van der Waals surface area contributed by atoms with Crippen LogP contribution in [-0.4, -0.2) is 16.6 Å². The monoisotopic (exact) mass is 250 g/mol. The van der Waals surface area contributed by atoms with Gasteiger partial charge in [-0.25, -0.2) is 15.8 Å². The summed E-state index contributed by atoms with van der Waals surface area (Å²) in [4.78, 5) is 9.46. The summed E-state index contributed by atoms with van der Waals surface area (Å²) in [5, 5.41) is 0. The second kappa shape index (κ2) is 5.60. The molecule has 0 aliphatic heterocycles. The van der Waals surface area contributed by atoms with Gasteiger partial charge in [0.25, 0.3) is 0 Å². The van der Waals surface area contributed by atoms with Crippen molar-refractivity contribution in [1.82, 2.24) is 9.97 Å². The molecule has 0 atom stereocenters. The highest BCUT2D eigenvalue weighted by Crippen LogP contribution is 2.16. The highest BCUT2D eigenvalue weighted by atomic mass is 32.1. The topological polar surface area (TPSA) is 73.1 Å². The largest absolute Gasteiger partial charge is 0.493 e. The summed E-state index contributed by atoms with van der Waals surface area (Å²) >= 11 is 1.66. The first-order chi connectivity index (χ1) is 8.29. The third-order valence-electron chi connectivity index (χ3n) is 2.32. The molecule has 0 saturated carbocycles. The number of hydrogen-bond donors (Lipinski definition) is 2. The van der Waals surface area contributed by atoms with Crippen molar-refractivity contribution in [3.05, 3.63) is 34.4 Å². The van der Waals surface area contributed by atoms with Crippen LogP contribution in [0.15, 0.2) is 23.8 Å². The SMILES string of the molecule is Cc1ncsc1CCOc1ccnc(NN)c1. The maximum Gasteiger partial charge on any atom is 0.143 e. The van der Waals surface area contributed by atoms with E-state index in [2.05, 4.69) is 15.4 Å². The number of pyridine rings is 1. The Bertz CT molecular complexity index is 486. The van der Waals surface area contributed by atoms with Gasteiger partial charge in [0.2, 0.25) is 0 Å². The number of rotatable bonds is 5. The van der Waals surface area contributed by atoms with Gasteiger partial charge in [-0.1, -0.05) is 0 Å². The van der Waals surface area contributed by atoms with Gasteiger partial charge in [-0.05, 0) is 13.0 Å². The van der Waals surface area contributed by atoms with E-state index >= 15 is 0 Å². The van der Waals surface area contributed by atoms with E-state index in [1.165, 1.54) is 4.88 Å². The van der Waals surface area contributed by atoms with Crippen LogP contribution >= 0.6 is 11.3 Å². The van der Waals surface area contributed by atoms with Crippen LogP contribution < -0.4 is 16.0 Å². The molecule has 5 nitrogen and oxygen atoms in total. The predicted octanol–water partition coefficient (Wildman–Crippen LogP) is 1.75. The molecule has 2 rings (SSSR count). The number of hydrazine groups is 1. The van der Waals surface area contributed by atoms with E-state index < -0.39 is 0 Å². The van der Waals surface area contributed by atoms with Crippen molar-refractivity contribution >= 4 is 17.2 Å². The lowest BCUT2D eigenvalue weighted by Gasteiger charge is -2.06. The molecule has 0 aliphatic carbocycles. The van der Waals surface area contributed by atoms with E-state index in [0.29, 0.717) is 12.4 Å². The fourth-order valence-corrected chi connectivity index (χ4v) is 2.17. The van der Waals surface area contributed by atoms with Crippen LogP contribution in [-0.2, 0) is 6.42 Å². The van der Waals surface area contributed by atoms with E-state index in [4.69, 9.17) is 10.6 Å². The van der Waals surface area contributed by atoms with E-state index in [1.807, 2.05) is 12.4 Å². The van der Waals surface area contributed by atoms with Gasteiger partial charge in [0.05, 0.1) is 17.8 Å². The van der Waals surface area contributed by atoms with Crippen LogP contribution in [0, 0.1) is 6.92 Å². The summed E-state index contributed by atoms with van der Waals surface area (Å²) in [5.74, 6) is 6.62. The molecule has 0 aliphatic rings. The molecule has 0 aromatic carbocycles. The zero-order valence-corrected chi connectivity index (χ0v) is 10.3. The third kappa shape index (κ3) is 3.15. The molecule has 17 heavy (non-hydrogen) atoms. The summed E-state index contributed by atoms with van der Waals surface area (Å²) in [5.41, 5.74) is 5.42. The van der Waals surface area contributed by atoms with Crippen LogP contribution in [0.2, 0.25) is 0 Å². The summed E-state index contributed by atoms with van der Waals surface area (Å²) in [6.07, 6.45) is 2.52. The molecular weight excluding hydrogens is 236 g/mol. The van der Waals surface area contributed by atoms with Gasteiger partial charge >= 0.3 is 0 Å². The predicted molar refractivity (Wildman–Crippen MR) is 68.1 cm³/mol. The van der Waals surface area contributed by atoms with Gasteiger partial charge in [0, 0.05) is 23.6 Å². The first-order valence-electron chi connectivity index (χ1n) is 5.24. The lowest BCUT2D eigenvalue weighted by Crippen LogP contribution is -2.08. The van der Waals surface area contributed by atoms with Crippen molar-refractivity contribution in [1.29, 1.82) is 0 Å². The Morgan fingerprint density at radius 1 is 1.47 bits per heavy atom. The molecule has 6 heteroatoms. The third-order valence-corrected chi connectivity index (χ3v) is 3.32. The number of thiazole rings is 1. The molecule has 0 fully saturated rings. The van der Waals surface area contributed by atoms with Crippen molar-refractivity contribution in [3.63, 3.8) is 0 Å². The molecule has 0 amide bonds. The van der Waals surface area contributed by atoms with Crippen LogP contribution in [0.3, 0.4) is 0 Å². The van der Waals surface area contributed by atoms with Gasteiger partial charge in [0.15, 0.2) is 0 Å². The number of aromatic nitrogens is 2. The number of nitrogens with one attached hydrogen (secondary N) is 1. The van der Waals surface area contributed by atoms with Gasteiger partial charge < -0.3 is 10.2 Å². The number of aryl methyl sites for hydroxylation is 1. The van der Waals surface area contributed by atoms with Crippen LogP contribution in [0.5, 0.6) is 5.75 Å². The Labute approximate surface area is 104 Å². The van der Waals surface area contributed by atoms with Gasteiger partial charge in [-0.2, -0.15) is 0 Å². The Balaban J connectivity index is 1.87. The normalized spacial score (nSPS) is 10.2. The molecule has 0 saturated heterocycles. The van der Waals surface area contributed by atoms with Crippen molar-refractivity contribution in [3.8, 4) is 5.75 Å².